The number of esters is 1. The highest BCUT2D eigenvalue weighted by Gasteiger charge is 2.07. The van der Waals surface area contributed by atoms with Gasteiger partial charge in [0.25, 0.3) is 5.95 Å². The lowest BCUT2D eigenvalue weighted by atomic mass is 10.3. The summed E-state index contributed by atoms with van der Waals surface area (Å²) in [5.41, 5.74) is 0. The van der Waals surface area contributed by atoms with Crippen molar-refractivity contribution in [2.45, 2.75) is 0 Å². The van der Waals surface area contributed by atoms with Crippen molar-refractivity contribution >= 4 is 5.97 Å². The molecule has 1 heterocycles. The Morgan fingerprint density at radius 1 is 1.12 bits per heavy atom. The molecule has 4 heteroatoms. The van der Waals surface area contributed by atoms with E-state index in [1.165, 1.54) is 6.26 Å². The molecule has 0 fully saturated rings. The van der Waals surface area contributed by atoms with Gasteiger partial charge in [0.2, 0.25) is 0 Å². The Labute approximate surface area is 92.4 Å². The summed E-state index contributed by atoms with van der Waals surface area (Å²) in [4.78, 5) is 11.3. The van der Waals surface area contributed by atoms with E-state index in [9.17, 15) is 4.79 Å². The van der Waals surface area contributed by atoms with Crippen molar-refractivity contribution in [1.29, 1.82) is 0 Å². The van der Waals surface area contributed by atoms with E-state index in [0.29, 0.717) is 5.75 Å². The number of para-hydroxylation sites is 1. The predicted molar refractivity (Wildman–Crippen MR) is 56.3 cm³/mol. The summed E-state index contributed by atoms with van der Waals surface area (Å²) < 4.78 is 14.9. The van der Waals surface area contributed by atoms with E-state index in [-0.39, 0.29) is 12.6 Å². The Hall–Kier alpha value is -2.23. The molecular formula is C12H10O4. The lowest BCUT2D eigenvalue weighted by Gasteiger charge is -2.04. The van der Waals surface area contributed by atoms with Gasteiger partial charge in [0.05, 0.1) is 6.26 Å². The summed E-state index contributed by atoms with van der Waals surface area (Å²) in [6, 6.07) is 12.2. The highest BCUT2D eigenvalue weighted by atomic mass is 16.6. The van der Waals surface area contributed by atoms with E-state index in [1.807, 2.05) is 18.2 Å². The Kier molecular flexibility index (Phi) is 3.23. The maximum absolute atomic E-state index is 11.3. The summed E-state index contributed by atoms with van der Waals surface area (Å²) in [6.07, 6.45) is 1.43. The van der Waals surface area contributed by atoms with Gasteiger partial charge in [0.15, 0.2) is 6.61 Å². The highest BCUT2D eigenvalue weighted by molar-refractivity contribution is 5.73. The van der Waals surface area contributed by atoms with Crippen LogP contribution in [0.1, 0.15) is 0 Å². The lowest BCUT2D eigenvalue weighted by molar-refractivity contribution is -0.137. The van der Waals surface area contributed by atoms with E-state index in [4.69, 9.17) is 13.9 Å². The quantitative estimate of drug-likeness (QED) is 0.738. The fourth-order valence-corrected chi connectivity index (χ4v) is 1.12. The Morgan fingerprint density at radius 3 is 2.62 bits per heavy atom. The third kappa shape index (κ3) is 2.88. The minimum Gasteiger partial charge on any atom is -0.482 e. The summed E-state index contributed by atoms with van der Waals surface area (Å²) in [7, 11) is 0. The van der Waals surface area contributed by atoms with Crippen LogP contribution in [0, 0.1) is 0 Å². The smallest absolute Gasteiger partial charge is 0.351 e. The predicted octanol–water partition coefficient (Wildman–Crippen LogP) is 2.26. The molecule has 4 nitrogen and oxygen atoms in total. The summed E-state index contributed by atoms with van der Waals surface area (Å²) in [6.45, 7) is -0.148. The molecule has 0 saturated heterocycles. The molecule has 1 aromatic heterocycles. The molecule has 0 N–H and O–H groups in total. The lowest BCUT2D eigenvalue weighted by Crippen LogP contribution is -2.17. The number of carbonyl (C=O) groups is 1. The van der Waals surface area contributed by atoms with Crippen LogP contribution in [0.4, 0.5) is 0 Å². The molecule has 0 unspecified atom stereocenters. The van der Waals surface area contributed by atoms with Gasteiger partial charge >= 0.3 is 5.97 Å². The minimum atomic E-state index is -0.501. The Balaban J connectivity index is 1.80. The second kappa shape index (κ2) is 5.02. The molecule has 0 aliphatic rings. The van der Waals surface area contributed by atoms with E-state index in [2.05, 4.69) is 0 Å². The zero-order valence-corrected chi connectivity index (χ0v) is 8.46. The first kappa shape index (κ1) is 10.3. The van der Waals surface area contributed by atoms with Crippen LogP contribution in [0.25, 0.3) is 0 Å². The number of furan rings is 1. The van der Waals surface area contributed by atoms with Crippen molar-refractivity contribution in [3.8, 4) is 11.7 Å². The average molecular weight is 218 g/mol. The van der Waals surface area contributed by atoms with Crippen molar-refractivity contribution in [3.63, 3.8) is 0 Å². The van der Waals surface area contributed by atoms with E-state index >= 15 is 0 Å². The van der Waals surface area contributed by atoms with Crippen molar-refractivity contribution in [2.24, 2.45) is 0 Å². The number of benzene rings is 1. The first-order chi connectivity index (χ1) is 7.84. The molecule has 0 spiro atoms. The third-order valence-electron chi connectivity index (χ3n) is 1.81. The van der Waals surface area contributed by atoms with Gasteiger partial charge in [-0.25, -0.2) is 4.79 Å². The Morgan fingerprint density at radius 2 is 1.94 bits per heavy atom. The number of ether oxygens (including phenoxy) is 2. The van der Waals surface area contributed by atoms with Gasteiger partial charge in [-0.1, -0.05) is 18.2 Å². The van der Waals surface area contributed by atoms with Gasteiger partial charge in [0, 0.05) is 6.07 Å². The van der Waals surface area contributed by atoms with E-state index < -0.39 is 5.97 Å². The van der Waals surface area contributed by atoms with E-state index in [0.717, 1.165) is 0 Å². The SMILES string of the molecule is O=C(COc1ccccc1)Oc1ccco1. The minimum absolute atomic E-state index is 0.148. The van der Waals surface area contributed by atoms with Crippen molar-refractivity contribution in [1.82, 2.24) is 0 Å². The monoisotopic (exact) mass is 218 g/mol. The number of hydrogen-bond acceptors (Lipinski definition) is 4. The van der Waals surface area contributed by atoms with Gasteiger partial charge in [0.1, 0.15) is 5.75 Å². The standard InChI is InChI=1S/C12H10O4/c13-11(16-12-7-4-8-14-12)9-15-10-5-2-1-3-6-10/h1-8H,9H2. The molecule has 0 saturated carbocycles. The van der Waals surface area contributed by atoms with Gasteiger partial charge in [-0.05, 0) is 18.2 Å². The largest absolute Gasteiger partial charge is 0.482 e. The first-order valence-corrected chi connectivity index (χ1v) is 4.76. The number of carbonyl (C=O) groups excluding carboxylic acids is 1. The fraction of sp³-hybridized carbons (Fsp3) is 0.0833. The van der Waals surface area contributed by atoms with Crippen LogP contribution < -0.4 is 9.47 Å². The number of rotatable bonds is 4. The fourth-order valence-electron chi connectivity index (χ4n) is 1.12. The second-order valence-electron chi connectivity index (χ2n) is 3.01. The molecule has 0 atom stereocenters. The Bertz CT molecular complexity index is 433. The molecule has 82 valence electrons. The molecule has 16 heavy (non-hydrogen) atoms. The van der Waals surface area contributed by atoms with Gasteiger partial charge in [-0.2, -0.15) is 0 Å². The molecule has 1 aromatic carbocycles. The van der Waals surface area contributed by atoms with Crippen LogP contribution in [0.15, 0.2) is 53.1 Å². The molecule has 0 bridgehead atoms. The zero-order valence-electron chi connectivity index (χ0n) is 8.46. The van der Waals surface area contributed by atoms with Crippen molar-refractivity contribution < 1.29 is 18.7 Å². The van der Waals surface area contributed by atoms with Crippen LogP contribution in [0.3, 0.4) is 0 Å². The number of hydrogen-bond donors (Lipinski definition) is 0. The third-order valence-corrected chi connectivity index (χ3v) is 1.81. The topological polar surface area (TPSA) is 48.7 Å². The molecule has 0 amide bonds. The van der Waals surface area contributed by atoms with Crippen LogP contribution in [-0.2, 0) is 4.79 Å². The zero-order chi connectivity index (χ0) is 11.2. The van der Waals surface area contributed by atoms with Gasteiger partial charge in [-0.15, -0.1) is 0 Å². The summed E-state index contributed by atoms with van der Waals surface area (Å²) in [5, 5.41) is 0. The van der Waals surface area contributed by atoms with Gasteiger partial charge in [-0.3, -0.25) is 0 Å². The summed E-state index contributed by atoms with van der Waals surface area (Å²) >= 11 is 0. The van der Waals surface area contributed by atoms with Crippen molar-refractivity contribution in [2.75, 3.05) is 6.61 Å². The van der Waals surface area contributed by atoms with Crippen LogP contribution in [0.2, 0.25) is 0 Å². The molecule has 0 aliphatic carbocycles. The van der Waals surface area contributed by atoms with Crippen LogP contribution in [0.5, 0.6) is 11.7 Å². The molecule has 0 aliphatic heterocycles. The normalized spacial score (nSPS) is 9.75. The first-order valence-electron chi connectivity index (χ1n) is 4.76. The average Bonchev–Trinajstić information content (AvgIpc) is 2.81. The maximum Gasteiger partial charge on any atom is 0.351 e. The second-order valence-corrected chi connectivity index (χ2v) is 3.01. The molecule has 2 rings (SSSR count). The van der Waals surface area contributed by atoms with Crippen molar-refractivity contribution in [3.05, 3.63) is 48.7 Å². The summed E-state index contributed by atoms with van der Waals surface area (Å²) in [5.74, 6) is 0.291. The highest BCUT2D eigenvalue weighted by Crippen LogP contribution is 2.11. The van der Waals surface area contributed by atoms with E-state index in [1.54, 1.807) is 24.3 Å². The van der Waals surface area contributed by atoms with Crippen LogP contribution in [-0.4, -0.2) is 12.6 Å². The van der Waals surface area contributed by atoms with Crippen LogP contribution >= 0.6 is 0 Å². The maximum atomic E-state index is 11.3. The molecule has 2 aromatic rings. The molecule has 0 radical (unpaired) electrons. The molecular weight excluding hydrogens is 208 g/mol. The van der Waals surface area contributed by atoms with Gasteiger partial charge < -0.3 is 13.9 Å².